The van der Waals surface area contributed by atoms with Crippen LogP contribution < -0.4 is 53.2 Å². The molecule has 8 rings (SSSR count). The summed E-state index contributed by atoms with van der Waals surface area (Å²) < 4.78 is 39.1. The second kappa shape index (κ2) is 14.4. The fourth-order valence-electron chi connectivity index (χ4n) is 7.95. The Balaban J connectivity index is 0.00000243. The number of fused-ring (bicyclic) bond motifs is 2. The second-order valence-corrected chi connectivity index (χ2v) is 14.5. The summed E-state index contributed by atoms with van der Waals surface area (Å²) in [6.45, 7) is 2.00. The fraction of sp³-hybridized carbons (Fsp3) is 0.400. The van der Waals surface area contributed by atoms with Crippen molar-refractivity contribution in [2.24, 2.45) is 0 Å². The first-order valence-electron chi connectivity index (χ1n) is 16.8. The van der Waals surface area contributed by atoms with Crippen molar-refractivity contribution in [2.45, 2.75) is 37.8 Å². The van der Waals surface area contributed by atoms with Gasteiger partial charge in [0.15, 0.2) is 34.5 Å². The van der Waals surface area contributed by atoms with E-state index in [0.29, 0.717) is 34.5 Å². The molecular formula is C40H48Cl2N2O6. The SMILES string of the molecule is COc1ccc2cc1Oc1ccc(cc1)C[C@H]1c3cc(c(OC)cc3CC[N+]1(C)C)Oc1c(OC)c(OC)cc3c1[C@H](C2)[N+](C)(C)CC3.[Cl-].[Cl-]. The Hall–Kier alpha value is -3.82. The molecule has 0 spiro atoms. The van der Waals surface area contributed by atoms with Crippen molar-refractivity contribution in [1.29, 1.82) is 0 Å². The summed E-state index contributed by atoms with van der Waals surface area (Å²) in [5.74, 6) is 5.51. The summed E-state index contributed by atoms with van der Waals surface area (Å²) in [4.78, 5) is 0. The first-order chi connectivity index (χ1) is 23.0. The van der Waals surface area contributed by atoms with E-state index >= 15 is 0 Å². The average molecular weight is 724 g/mol. The predicted molar refractivity (Wildman–Crippen MR) is 186 cm³/mol. The van der Waals surface area contributed by atoms with Gasteiger partial charge in [-0.1, -0.05) is 18.2 Å². The van der Waals surface area contributed by atoms with Gasteiger partial charge in [-0.2, -0.15) is 0 Å². The molecule has 4 aromatic rings. The number of quaternary nitrogens is 2. The number of rotatable bonds is 4. The lowest BCUT2D eigenvalue weighted by atomic mass is 9.85. The molecule has 4 aromatic carbocycles. The summed E-state index contributed by atoms with van der Waals surface area (Å²) >= 11 is 0. The molecule has 0 saturated carbocycles. The molecule has 0 N–H and O–H groups in total. The number of ether oxygens (including phenoxy) is 6. The molecule has 0 aromatic heterocycles. The number of hydrogen-bond acceptors (Lipinski definition) is 6. The van der Waals surface area contributed by atoms with E-state index in [-0.39, 0.29) is 36.9 Å². The van der Waals surface area contributed by atoms with Crippen LogP contribution in [0.15, 0.2) is 60.7 Å². The molecule has 0 aliphatic carbocycles. The van der Waals surface area contributed by atoms with E-state index in [0.717, 1.165) is 70.4 Å². The van der Waals surface area contributed by atoms with Gasteiger partial charge in [0.1, 0.15) is 17.8 Å². The van der Waals surface area contributed by atoms with Crippen LogP contribution in [0.1, 0.15) is 45.5 Å². The Morgan fingerprint density at radius 2 is 1.16 bits per heavy atom. The van der Waals surface area contributed by atoms with Crippen molar-refractivity contribution < 1.29 is 62.2 Å². The molecular weight excluding hydrogens is 675 g/mol. The zero-order chi connectivity index (χ0) is 33.8. The molecule has 4 heterocycles. The molecule has 8 nitrogen and oxygen atoms in total. The number of benzene rings is 4. The first kappa shape index (κ1) is 37.4. The monoisotopic (exact) mass is 722 g/mol. The van der Waals surface area contributed by atoms with Gasteiger partial charge >= 0.3 is 0 Å². The van der Waals surface area contributed by atoms with E-state index in [1.807, 2.05) is 6.07 Å². The summed E-state index contributed by atoms with van der Waals surface area (Å²) in [5, 5.41) is 0. The summed E-state index contributed by atoms with van der Waals surface area (Å²) in [5.41, 5.74) is 7.31. The summed E-state index contributed by atoms with van der Waals surface area (Å²) in [6.07, 6.45) is 3.47. The smallest absolute Gasteiger partial charge is 0.204 e. The number of nitrogens with zero attached hydrogens (tertiary/aromatic N) is 2. The Bertz CT molecular complexity index is 1860. The number of likely N-dealkylation sites (N-methyl/N-ethyl adjacent to an activating group) is 2. The van der Waals surface area contributed by atoms with E-state index < -0.39 is 0 Å². The summed E-state index contributed by atoms with van der Waals surface area (Å²) in [6, 6.07) is 21.6. The Labute approximate surface area is 308 Å². The topological polar surface area (TPSA) is 55.4 Å². The largest absolute Gasteiger partial charge is 1.00 e. The highest BCUT2D eigenvalue weighted by molar-refractivity contribution is 5.63. The van der Waals surface area contributed by atoms with Gasteiger partial charge in [-0.15, -0.1) is 0 Å². The number of methoxy groups -OCH3 is 4. The molecule has 10 heteroatoms. The highest BCUT2D eigenvalue weighted by Crippen LogP contribution is 2.53. The lowest BCUT2D eigenvalue weighted by Gasteiger charge is -2.44. The Morgan fingerprint density at radius 1 is 0.580 bits per heavy atom. The molecule has 0 saturated heterocycles. The molecule has 50 heavy (non-hydrogen) atoms. The van der Waals surface area contributed by atoms with Crippen LogP contribution in [-0.4, -0.2) is 78.7 Å². The molecule has 268 valence electrons. The van der Waals surface area contributed by atoms with Crippen LogP contribution >= 0.6 is 0 Å². The molecule has 0 unspecified atom stereocenters. The van der Waals surface area contributed by atoms with Crippen LogP contribution in [0.5, 0.6) is 46.0 Å². The number of halogens is 2. The van der Waals surface area contributed by atoms with Crippen LogP contribution in [0.2, 0.25) is 0 Å². The Kier molecular flexibility index (Phi) is 10.8. The second-order valence-electron chi connectivity index (χ2n) is 14.5. The third-order valence-corrected chi connectivity index (χ3v) is 10.9. The minimum absolute atomic E-state index is 0. The van der Waals surface area contributed by atoms with Crippen LogP contribution in [0.3, 0.4) is 0 Å². The van der Waals surface area contributed by atoms with Gasteiger partial charge in [-0.05, 0) is 64.7 Å². The minimum Gasteiger partial charge on any atom is -1.00 e. The van der Waals surface area contributed by atoms with Gasteiger partial charge in [0.2, 0.25) is 5.75 Å². The quantitative estimate of drug-likeness (QED) is 0.298. The fourth-order valence-corrected chi connectivity index (χ4v) is 7.95. The highest BCUT2D eigenvalue weighted by Gasteiger charge is 2.42. The van der Waals surface area contributed by atoms with E-state index in [9.17, 15) is 0 Å². The standard InChI is InChI=1S/C40H48N2O6.2ClH/c1-41(2)17-15-27-22-34(44-6)36-24-30(27)31(41)19-25-9-12-29(13-10-25)47-35-21-26(11-14-33(35)43-5)20-32-38-28(16-18-42(32,3)4)23-37(45-7)39(46-8)40(38)48-36;;/h9-14,21-24,31-32H,15-20H2,1-8H3;2*1H/q+2;;/p-2/t31-,32-;;/m0../s1. The van der Waals surface area contributed by atoms with Crippen LogP contribution in [0.4, 0.5) is 0 Å². The molecule has 4 aliphatic rings. The van der Waals surface area contributed by atoms with Crippen molar-refractivity contribution in [3.63, 3.8) is 0 Å². The van der Waals surface area contributed by atoms with Crippen molar-refractivity contribution in [1.82, 2.24) is 0 Å². The highest BCUT2D eigenvalue weighted by atomic mass is 35.5. The zero-order valence-corrected chi connectivity index (χ0v) is 31.8. The Morgan fingerprint density at radius 3 is 1.82 bits per heavy atom. The molecule has 0 fully saturated rings. The molecule has 6 bridgehead atoms. The maximum Gasteiger partial charge on any atom is 0.204 e. The van der Waals surface area contributed by atoms with Gasteiger partial charge < -0.3 is 62.2 Å². The van der Waals surface area contributed by atoms with Gasteiger partial charge in [0.25, 0.3) is 0 Å². The maximum absolute atomic E-state index is 7.14. The van der Waals surface area contributed by atoms with Crippen molar-refractivity contribution in [2.75, 3.05) is 69.7 Å². The van der Waals surface area contributed by atoms with Gasteiger partial charge in [-0.3, -0.25) is 0 Å². The van der Waals surface area contributed by atoms with Gasteiger partial charge in [0, 0.05) is 31.2 Å². The first-order valence-corrected chi connectivity index (χ1v) is 16.8. The van der Waals surface area contributed by atoms with E-state index in [2.05, 4.69) is 82.8 Å². The van der Waals surface area contributed by atoms with E-state index in [4.69, 9.17) is 28.4 Å². The molecule has 4 aliphatic heterocycles. The van der Waals surface area contributed by atoms with Gasteiger partial charge in [-0.25, -0.2) is 0 Å². The van der Waals surface area contributed by atoms with Crippen molar-refractivity contribution >= 4 is 0 Å². The van der Waals surface area contributed by atoms with Crippen LogP contribution in [0, 0.1) is 0 Å². The van der Waals surface area contributed by atoms with Crippen LogP contribution in [0.25, 0.3) is 0 Å². The van der Waals surface area contributed by atoms with E-state index in [1.54, 1.807) is 28.4 Å². The summed E-state index contributed by atoms with van der Waals surface area (Å²) in [7, 11) is 16.0. The molecule has 0 amide bonds. The normalized spacial score (nSPS) is 19.4. The average Bonchev–Trinajstić information content (AvgIpc) is 3.07. The lowest BCUT2D eigenvalue weighted by Crippen LogP contribution is -3.00. The third kappa shape index (κ3) is 6.66. The zero-order valence-electron chi connectivity index (χ0n) is 30.3. The predicted octanol–water partition coefficient (Wildman–Crippen LogP) is 1.46. The van der Waals surface area contributed by atoms with Gasteiger partial charge in [0.05, 0.1) is 75.3 Å². The van der Waals surface area contributed by atoms with E-state index in [1.165, 1.54) is 22.3 Å². The van der Waals surface area contributed by atoms with Crippen molar-refractivity contribution in [3.05, 3.63) is 94.0 Å². The third-order valence-electron chi connectivity index (χ3n) is 10.9. The maximum atomic E-state index is 7.14. The lowest BCUT2D eigenvalue weighted by molar-refractivity contribution is -0.923. The molecule has 2 atom stereocenters. The minimum atomic E-state index is 0. The number of hydrogen-bond donors (Lipinski definition) is 0. The van der Waals surface area contributed by atoms with Crippen LogP contribution in [-0.2, 0) is 25.7 Å². The molecule has 0 radical (unpaired) electrons. The van der Waals surface area contributed by atoms with Crippen molar-refractivity contribution in [3.8, 4) is 46.0 Å².